The highest BCUT2D eigenvalue weighted by molar-refractivity contribution is 6.30. The molecule has 1 heterocycles. The molecule has 2 rings (SSSR count). The van der Waals surface area contributed by atoms with Crippen LogP contribution in [0.5, 0.6) is 0 Å². The lowest BCUT2D eigenvalue weighted by molar-refractivity contribution is -0.123. The number of aryl methyl sites for hydroxylation is 1. The van der Waals surface area contributed by atoms with Crippen molar-refractivity contribution in [2.24, 2.45) is 0 Å². The van der Waals surface area contributed by atoms with E-state index in [9.17, 15) is 19.2 Å². The zero-order chi connectivity index (χ0) is 21.4. The van der Waals surface area contributed by atoms with Crippen LogP contribution in [0.2, 0.25) is 5.02 Å². The van der Waals surface area contributed by atoms with E-state index in [-0.39, 0.29) is 0 Å². The van der Waals surface area contributed by atoms with Gasteiger partial charge in [-0.15, -0.1) is 0 Å². The summed E-state index contributed by atoms with van der Waals surface area (Å²) in [6.45, 7) is 3.32. The number of benzene rings is 1. The Balaban J connectivity index is 2.04. The van der Waals surface area contributed by atoms with E-state index in [1.165, 1.54) is 10.7 Å². The molecule has 0 unspecified atom stereocenters. The summed E-state index contributed by atoms with van der Waals surface area (Å²) in [4.78, 5) is 47.6. The molecule has 0 bridgehead atoms. The molecule has 2 N–H and O–H groups in total. The third kappa shape index (κ3) is 6.42. The molecule has 29 heavy (non-hydrogen) atoms. The van der Waals surface area contributed by atoms with E-state index in [4.69, 9.17) is 16.3 Å². The predicted molar refractivity (Wildman–Crippen MR) is 106 cm³/mol. The van der Waals surface area contributed by atoms with Gasteiger partial charge in [-0.05, 0) is 37.6 Å². The Kier molecular flexibility index (Phi) is 7.90. The van der Waals surface area contributed by atoms with Crippen molar-refractivity contribution < 1.29 is 19.1 Å². The summed E-state index contributed by atoms with van der Waals surface area (Å²) < 4.78 is 6.20. The van der Waals surface area contributed by atoms with Crippen LogP contribution in [0.3, 0.4) is 0 Å². The number of carbonyl (C=O) groups excluding carboxylic acids is 3. The standard InChI is InChI=1S/C19H21ClN4O5/c1-3-4-9-21-19(28)22-16(26)11-29-18(27)17-15(25)10-12(2)24(23-17)14-7-5-13(20)6-8-14/h5-8,10H,3-4,9,11H2,1-2H3,(H2,21,22,26,28). The Hall–Kier alpha value is -3.20. The maximum atomic E-state index is 12.2. The zero-order valence-corrected chi connectivity index (χ0v) is 16.8. The smallest absolute Gasteiger partial charge is 0.363 e. The topological polar surface area (TPSA) is 119 Å². The lowest BCUT2D eigenvalue weighted by Crippen LogP contribution is -2.42. The van der Waals surface area contributed by atoms with E-state index in [0.29, 0.717) is 22.9 Å². The number of carbonyl (C=O) groups is 3. The largest absolute Gasteiger partial charge is 0.451 e. The molecule has 0 fully saturated rings. The minimum absolute atomic E-state index is 0.424. The summed E-state index contributed by atoms with van der Waals surface area (Å²) in [5.41, 5.74) is -0.0426. The van der Waals surface area contributed by atoms with Crippen LogP contribution >= 0.6 is 11.6 Å². The fourth-order valence-electron chi connectivity index (χ4n) is 2.32. The van der Waals surface area contributed by atoms with Gasteiger partial charge in [0.05, 0.1) is 5.69 Å². The number of nitrogens with zero attached hydrogens (tertiary/aromatic N) is 2. The highest BCUT2D eigenvalue weighted by Gasteiger charge is 2.18. The molecule has 2 aromatic rings. The Bertz CT molecular complexity index is 956. The first-order valence-electron chi connectivity index (χ1n) is 8.93. The molecular weight excluding hydrogens is 400 g/mol. The first kappa shape index (κ1) is 22.1. The number of urea groups is 1. The summed E-state index contributed by atoms with van der Waals surface area (Å²) in [6.07, 6.45) is 1.67. The van der Waals surface area contributed by atoms with Gasteiger partial charge in [-0.3, -0.25) is 14.9 Å². The van der Waals surface area contributed by atoms with Gasteiger partial charge in [0.1, 0.15) is 0 Å². The second-order valence-electron chi connectivity index (χ2n) is 6.12. The lowest BCUT2D eigenvalue weighted by Gasteiger charge is -2.11. The Labute approximate surface area is 172 Å². The first-order valence-corrected chi connectivity index (χ1v) is 9.31. The zero-order valence-electron chi connectivity index (χ0n) is 16.0. The van der Waals surface area contributed by atoms with Gasteiger partial charge in [-0.1, -0.05) is 24.9 Å². The maximum absolute atomic E-state index is 12.2. The van der Waals surface area contributed by atoms with Gasteiger partial charge < -0.3 is 10.1 Å². The molecule has 0 aliphatic rings. The van der Waals surface area contributed by atoms with Gasteiger partial charge in [-0.25, -0.2) is 14.3 Å². The van der Waals surface area contributed by atoms with Crippen LogP contribution in [0.1, 0.15) is 35.9 Å². The van der Waals surface area contributed by atoms with Crippen LogP contribution in [0, 0.1) is 6.92 Å². The summed E-state index contributed by atoms with van der Waals surface area (Å²) in [6, 6.07) is 7.19. The van der Waals surface area contributed by atoms with Gasteiger partial charge >= 0.3 is 12.0 Å². The normalized spacial score (nSPS) is 10.3. The molecule has 3 amide bonds. The van der Waals surface area contributed by atoms with Crippen LogP contribution in [0.15, 0.2) is 35.1 Å². The molecule has 9 nitrogen and oxygen atoms in total. The van der Waals surface area contributed by atoms with Crippen molar-refractivity contribution in [1.29, 1.82) is 0 Å². The highest BCUT2D eigenvalue weighted by Crippen LogP contribution is 2.13. The summed E-state index contributed by atoms with van der Waals surface area (Å²) in [7, 11) is 0. The number of aromatic nitrogens is 2. The number of imide groups is 1. The fourth-order valence-corrected chi connectivity index (χ4v) is 2.44. The number of ether oxygens (including phenoxy) is 1. The number of esters is 1. The molecule has 0 atom stereocenters. The van der Waals surface area contributed by atoms with Gasteiger partial charge in [0.15, 0.2) is 6.61 Å². The Morgan fingerprint density at radius 1 is 1.21 bits per heavy atom. The van der Waals surface area contributed by atoms with Crippen molar-refractivity contribution in [3.63, 3.8) is 0 Å². The predicted octanol–water partition coefficient (Wildman–Crippen LogP) is 1.98. The van der Waals surface area contributed by atoms with E-state index < -0.39 is 35.6 Å². The Morgan fingerprint density at radius 2 is 1.90 bits per heavy atom. The van der Waals surface area contributed by atoms with E-state index in [1.807, 2.05) is 12.2 Å². The maximum Gasteiger partial charge on any atom is 0.363 e. The minimum Gasteiger partial charge on any atom is -0.451 e. The number of hydrogen-bond acceptors (Lipinski definition) is 6. The monoisotopic (exact) mass is 420 g/mol. The number of hydrogen-bond donors (Lipinski definition) is 2. The number of halogens is 1. The average Bonchev–Trinajstić information content (AvgIpc) is 2.67. The first-order chi connectivity index (χ1) is 13.8. The minimum atomic E-state index is -1.07. The molecule has 0 aliphatic heterocycles. The fraction of sp³-hybridized carbons (Fsp3) is 0.316. The van der Waals surface area contributed by atoms with E-state index in [0.717, 1.165) is 12.8 Å². The van der Waals surface area contributed by atoms with Crippen molar-refractivity contribution in [3.05, 3.63) is 57.0 Å². The van der Waals surface area contributed by atoms with Crippen molar-refractivity contribution in [2.45, 2.75) is 26.7 Å². The second-order valence-corrected chi connectivity index (χ2v) is 6.56. The van der Waals surface area contributed by atoms with Gasteiger partial charge in [-0.2, -0.15) is 5.10 Å². The molecule has 0 radical (unpaired) electrons. The van der Waals surface area contributed by atoms with E-state index in [1.54, 1.807) is 31.2 Å². The number of unbranched alkanes of at least 4 members (excludes halogenated alkanes) is 1. The molecule has 0 aliphatic carbocycles. The third-order valence-corrected chi connectivity index (χ3v) is 4.03. The second kappa shape index (κ2) is 10.4. The van der Waals surface area contributed by atoms with Crippen LogP contribution in [-0.2, 0) is 9.53 Å². The molecule has 154 valence electrons. The number of nitrogens with one attached hydrogen (secondary N) is 2. The van der Waals surface area contributed by atoms with Gasteiger partial charge in [0.25, 0.3) is 5.91 Å². The molecule has 10 heteroatoms. The van der Waals surface area contributed by atoms with Crippen molar-refractivity contribution in [1.82, 2.24) is 20.4 Å². The van der Waals surface area contributed by atoms with Crippen molar-refractivity contribution in [3.8, 4) is 5.69 Å². The summed E-state index contributed by atoms with van der Waals surface area (Å²) in [5, 5.41) is 9.08. The molecule has 1 aromatic heterocycles. The van der Waals surface area contributed by atoms with E-state index >= 15 is 0 Å². The van der Waals surface area contributed by atoms with Gasteiger partial charge in [0, 0.05) is 23.3 Å². The molecule has 0 saturated heterocycles. The van der Waals surface area contributed by atoms with Gasteiger partial charge in [0.2, 0.25) is 11.1 Å². The quantitative estimate of drug-likeness (QED) is 0.522. The van der Waals surface area contributed by atoms with Crippen LogP contribution < -0.4 is 16.1 Å². The molecule has 0 spiro atoms. The SMILES string of the molecule is CCCCNC(=O)NC(=O)COC(=O)c1nn(-c2ccc(Cl)cc2)c(C)cc1=O. The Morgan fingerprint density at radius 3 is 2.55 bits per heavy atom. The number of amides is 3. The molecule has 0 saturated carbocycles. The highest BCUT2D eigenvalue weighted by atomic mass is 35.5. The van der Waals surface area contributed by atoms with Crippen molar-refractivity contribution in [2.75, 3.05) is 13.2 Å². The van der Waals surface area contributed by atoms with Crippen LogP contribution in [-0.4, -0.2) is 40.8 Å². The summed E-state index contributed by atoms with van der Waals surface area (Å²) >= 11 is 5.87. The lowest BCUT2D eigenvalue weighted by atomic mass is 10.3. The average molecular weight is 421 g/mol. The van der Waals surface area contributed by atoms with E-state index in [2.05, 4.69) is 10.4 Å². The summed E-state index contributed by atoms with van der Waals surface area (Å²) in [5.74, 6) is -1.89. The number of rotatable bonds is 7. The van der Waals surface area contributed by atoms with Crippen LogP contribution in [0.4, 0.5) is 4.79 Å². The van der Waals surface area contributed by atoms with Crippen molar-refractivity contribution >= 4 is 29.5 Å². The molecular formula is C19H21ClN4O5. The van der Waals surface area contributed by atoms with Crippen LogP contribution in [0.25, 0.3) is 5.69 Å². The molecule has 1 aromatic carbocycles. The third-order valence-electron chi connectivity index (χ3n) is 3.78.